The Balaban J connectivity index is 0.000000325. The van der Waals surface area contributed by atoms with E-state index in [1.807, 2.05) is 30.3 Å². The number of carbonyl (C=O) groups is 1. The summed E-state index contributed by atoms with van der Waals surface area (Å²) in [6.45, 7) is 0. The summed E-state index contributed by atoms with van der Waals surface area (Å²) in [4.78, 5) is 33.1. The molecule has 3 aromatic carbocycles. The molecular formula is C22H13F4N3O3S. The van der Waals surface area contributed by atoms with Crippen LogP contribution in [0.2, 0.25) is 0 Å². The van der Waals surface area contributed by atoms with Gasteiger partial charge in [-0.3, -0.25) is 4.79 Å². The van der Waals surface area contributed by atoms with Crippen LogP contribution in [0, 0.1) is 5.82 Å². The Hall–Kier alpha value is -3.86. The quantitative estimate of drug-likeness (QED) is 0.232. The van der Waals surface area contributed by atoms with Gasteiger partial charge >= 0.3 is 12.1 Å². The van der Waals surface area contributed by atoms with E-state index >= 15 is 0 Å². The number of H-pyrrole nitrogens is 2. The van der Waals surface area contributed by atoms with Crippen LogP contribution >= 0.6 is 11.8 Å². The molecule has 0 aliphatic heterocycles. The lowest BCUT2D eigenvalue weighted by Crippen LogP contribution is -2.21. The second-order valence-electron chi connectivity index (χ2n) is 6.77. The first-order valence-corrected chi connectivity index (χ1v) is 10.1. The Kier molecular flexibility index (Phi) is 5.81. The zero-order chi connectivity index (χ0) is 23.8. The molecule has 6 nitrogen and oxygen atoms in total. The van der Waals surface area contributed by atoms with E-state index in [4.69, 9.17) is 14.9 Å². The number of aromatic nitrogens is 3. The van der Waals surface area contributed by atoms with Crippen LogP contribution in [-0.2, 0) is 4.79 Å². The predicted octanol–water partition coefficient (Wildman–Crippen LogP) is 5.48. The number of hydrogen-bond acceptors (Lipinski definition) is 4. The number of fused-ring (bicyclic) bond motifs is 6. The summed E-state index contributed by atoms with van der Waals surface area (Å²) in [5.41, 5.74) is 1.26. The van der Waals surface area contributed by atoms with Crippen molar-refractivity contribution in [2.75, 3.05) is 0 Å². The molecule has 0 saturated carbocycles. The highest BCUT2D eigenvalue weighted by Gasteiger charge is 2.38. The maximum atomic E-state index is 13.8. The predicted molar refractivity (Wildman–Crippen MR) is 116 cm³/mol. The fourth-order valence-corrected chi connectivity index (χ4v) is 4.08. The molecule has 0 fully saturated rings. The zero-order valence-electron chi connectivity index (χ0n) is 16.4. The molecule has 0 saturated heterocycles. The van der Waals surface area contributed by atoms with E-state index in [0.717, 1.165) is 21.0 Å². The van der Waals surface area contributed by atoms with Crippen LogP contribution < -0.4 is 5.56 Å². The fourth-order valence-electron chi connectivity index (χ4n) is 3.27. The highest BCUT2D eigenvalue weighted by Crippen LogP contribution is 2.35. The number of rotatable bonds is 2. The van der Waals surface area contributed by atoms with Crippen molar-refractivity contribution in [1.82, 2.24) is 15.0 Å². The number of alkyl halides is 3. The van der Waals surface area contributed by atoms with Gasteiger partial charge in [-0.05, 0) is 36.4 Å². The first-order chi connectivity index (χ1) is 15.6. The number of nitrogens with zero attached hydrogens (tertiary/aromatic N) is 1. The summed E-state index contributed by atoms with van der Waals surface area (Å²) >= 11 is 1.51. The van der Waals surface area contributed by atoms with Gasteiger partial charge in [-0.2, -0.15) is 13.2 Å². The standard InChI is InChI=1S/C20H12FN3OS.C2HF3O2/c21-11-6-7-13-15(10-11)16-14(8-9-22-19(16)25)18-17(13)23-20(24-18)26-12-4-2-1-3-5-12;3-2(4,5)1(6)7/h1-10H,(H,22,25)(H,23,24);(H,6,7). The van der Waals surface area contributed by atoms with Gasteiger partial charge < -0.3 is 15.1 Å². The summed E-state index contributed by atoms with van der Waals surface area (Å²) in [5.74, 6) is -3.13. The molecule has 11 heteroatoms. The average molecular weight is 475 g/mol. The summed E-state index contributed by atoms with van der Waals surface area (Å²) in [7, 11) is 0. The second kappa shape index (κ2) is 8.58. The largest absolute Gasteiger partial charge is 0.490 e. The maximum absolute atomic E-state index is 13.8. The number of aromatic amines is 2. The molecule has 0 atom stereocenters. The molecule has 0 aliphatic rings. The van der Waals surface area contributed by atoms with Crippen LogP contribution in [0.3, 0.4) is 0 Å². The highest BCUT2D eigenvalue weighted by atomic mass is 32.2. The topological polar surface area (TPSA) is 98.8 Å². The molecule has 2 aromatic heterocycles. The first-order valence-electron chi connectivity index (χ1n) is 9.30. The third-order valence-electron chi connectivity index (χ3n) is 4.62. The minimum atomic E-state index is -5.08. The van der Waals surface area contributed by atoms with E-state index in [0.29, 0.717) is 21.7 Å². The lowest BCUT2D eigenvalue weighted by Gasteiger charge is -2.05. The number of benzene rings is 3. The van der Waals surface area contributed by atoms with Gasteiger partial charge in [0.2, 0.25) is 0 Å². The Morgan fingerprint density at radius 2 is 1.70 bits per heavy atom. The number of carboxylic acids is 1. The highest BCUT2D eigenvalue weighted by molar-refractivity contribution is 7.99. The van der Waals surface area contributed by atoms with Crippen LogP contribution in [0.15, 0.2) is 75.6 Å². The molecule has 0 radical (unpaired) electrons. The number of aliphatic carboxylic acids is 1. The number of nitrogens with one attached hydrogen (secondary N) is 2. The van der Waals surface area contributed by atoms with Crippen molar-refractivity contribution in [2.45, 2.75) is 16.2 Å². The summed E-state index contributed by atoms with van der Waals surface area (Å²) in [6.07, 6.45) is -3.49. The Morgan fingerprint density at radius 3 is 2.36 bits per heavy atom. The van der Waals surface area contributed by atoms with E-state index in [2.05, 4.69) is 9.97 Å². The molecule has 33 heavy (non-hydrogen) atoms. The molecule has 5 aromatic rings. The van der Waals surface area contributed by atoms with Gasteiger partial charge in [0.25, 0.3) is 5.56 Å². The molecule has 0 amide bonds. The number of imidazole rings is 1. The van der Waals surface area contributed by atoms with Crippen molar-refractivity contribution in [1.29, 1.82) is 0 Å². The molecule has 0 unspecified atom stereocenters. The van der Waals surface area contributed by atoms with Gasteiger partial charge in [0.05, 0.1) is 16.4 Å². The summed E-state index contributed by atoms with van der Waals surface area (Å²) in [6, 6.07) is 16.2. The molecular weight excluding hydrogens is 462 g/mol. The van der Waals surface area contributed by atoms with E-state index in [1.165, 1.54) is 23.9 Å². The first kappa shape index (κ1) is 22.3. The second-order valence-corrected chi connectivity index (χ2v) is 7.83. The molecule has 0 aliphatic carbocycles. The van der Waals surface area contributed by atoms with Crippen molar-refractivity contribution in [2.24, 2.45) is 0 Å². The zero-order valence-corrected chi connectivity index (χ0v) is 17.2. The lowest BCUT2D eigenvalue weighted by molar-refractivity contribution is -0.192. The van der Waals surface area contributed by atoms with Gasteiger partial charge in [0, 0.05) is 27.3 Å². The van der Waals surface area contributed by atoms with Crippen LogP contribution in [-0.4, -0.2) is 32.2 Å². The molecule has 168 valence electrons. The van der Waals surface area contributed by atoms with E-state index < -0.39 is 12.1 Å². The Bertz CT molecular complexity index is 1550. The van der Waals surface area contributed by atoms with Crippen molar-refractivity contribution < 1.29 is 27.5 Å². The van der Waals surface area contributed by atoms with Gasteiger partial charge in [-0.1, -0.05) is 30.0 Å². The van der Waals surface area contributed by atoms with Gasteiger partial charge in [0.1, 0.15) is 5.82 Å². The van der Waals surface area contributed by atoms with Crippen molar-refractivity contribution in [3.8, 4) is 0 Å². The summed E-state index contributed by atoms with van der Waals surface area (Å²) in [5, 5.41) is 10.4. The monoisotopic (exact) mass is 475 g/mol. The third kappa shape index (κ3) is 4.53. The van der Waals surface area contributed by atoms with Crippen molar-refractivity contribution >= 4 is 50.3 Å². The van der Waals surface area contributed by atoms with E-state index in [-0.39, 0.29) is 11.4 Å². The minimum Gasteiger partial charge on any atom is -0.475 e. The summed E-state index contributed by atoms with van der Waals surface area (Å²) < 4.78 is 45.6. The number of halogens is 4. The fraction of sp³-hybridized carbons (Fsp3) is 0.0455. The number of hydrogen-bond donors (Lipinski definition) is 3. The van der Waals surface area contributed by atoms with Gasteiger partial charge in [0.15, 0.2) is 5.16 Å². The Labute approximate surface area is 186 Å². The normalized spacial score (nSPS) is 11.5. The van der Waals surface area contributed by atoms with Crippen LogP contribution in [0.25, 0.3) is 32.6 Å². The van der Waals surface area contributed by atoms with E-state index in [9.17, 15) is 22.4 Å². The van der Waals surface area contributed by atoms with Crippen molar-refractivity contribution in [3.05, 3.63) is 77.0 Å². The third-order valence-corrected chi connectivity index (χ3v) is 5.51. The molecule has 5 rings (SSSR count). The molecule has 3 N–H and O–H groups in total. The smallest absolute Gasteiger partial charge is 0.475 e. The van der Waals surface area contributed by atoms with Crippen LogP contribution in [0.4, 0.5) is 17.6 Å². The van der Waals surface area contributed by atoms with Gasteiger partial charge in [-0.25, -0.2) is 14.2 Å². The van der Waals surface area contributed by atoms with Crippen molar-refractivity contribution in [3.63, 3.8) is 0 Å². The molecule has 0 spiro atoms. The lowest BCUT2D eigenvalue weighted by atomic mass is 10.0. The molecule has 2 heterocycles. The minimum absolute atomic E-state index is 0.250. The van der Waals surface area contributed by atoms with Crippen LogP contribution in [0.5, 0.6) is 0 Å². The van der Waals surface area contributed by atoms with E-state index in [1.54, 1.807) is 18.3 Å². The number of pyridine rings is 1. The van der Waals surface area contributed by atoms with Crippen LogP contribution in [0.1, 0.15) is 0 Å². The SMILES string of the molecule is O=C(O)C(F)(F)F.O=c1[nH]ccc2c3nc(Sc4ccccc4)[nH]c3c3ccc(F)cc3c12. The average Bonchev–Trinajstić information content (AvgIpc) is 3.18. The molecule has 0 bridgehead atoms. The number of carboxylic acid groups (broad SMARTS) is 1. The maximum Gasteiger partial charge on any atom is 0.490 e. The van der Waals surface area contributed by atoms with Gasteiger partial charge in [-0.15, -0.1) is 0 Å². The Morgan fingerprint density at radius 1 is 1.00 bits per heavy atom.